The van der Waals surface area contributed by atoms with Crippen LogP contribution >= 0.6 is 11.6 Å². The van der Waals surface area contributed by atoms with Gasteiger partial charge >= 0.3 is 6.03 Å². The van der Waals surface area contributed by atoms with E-state index in [1.165, 1.54) is 21.9 Å². The maximum Gasteiger partial charge on any atom is 0.322 e. The third-order valence-corrected chi connectivity index (χ3v) is 5.33. The van der Waals surface area contributed by atoms with Crippen molar-refractivity contribution in [3.63, 3.8) is 0 Å². The van der Waals surface area contributed by atoms with Gasteiger partial charge in [0.25, 0.3) is 5.56 Å². The Morgan fingerprint density at radius 1 is 1.03 bits per heavy atom. The van der Waals surface area contributed by atoms with Gasteiger partial charge in [-0.15, -0.1) is 0 Å². The third-order valence-electron chi connectivity index (χ3n) is 5.08. The minimum atomic E-state index is -0.834. The van der Waals surface area contributed by atoms with E-state index < -0.39 is 24.1 Å². The molecule has 0 aliphatic carbocycles. The molecule has 0 spiro atoms. The predicted molar refractivity (Wildman–Crippen MR) is 120 cm³/mol. The Morgan fingerprint density at radius 2 is 1.69 bits per heavy atom. The molecule has 1 aliphatic heterocycles. The highest BCUT2D eigenvalue weighted by Gasteiger charge is 2.39. The zero-order valence-electron chi connectivity index (χ0n) is 16.8. The molecule has 0 unspecified atom stereocenters. The van der Waals surface area contributed by atoms with Crippen LogP contribution in [0.25, 0.3) is 5.69 Å². The maximum atomic E-state index is 12.9. The molecule has 3 N–H and O–H groups in total. The molecule has 1 aromatic heterocycles. The molecule has 0 bridgehead atoms. The molecule has 2 heterocycles. The van der Waals surface area contributed by atoms with Gasteiger partial charge in [0.15, 0.2) is 0 Å². The average Bonchev–Trinajstić information content (AvgIpc) is 3.18. The molecule has 1 aliphatic rings. The van der Waals surface area contributed by atoms with Crippen LogP contribution in [0, 0.1) is 0 Å². The molecule has 2 atom stereocenters. The van der Waals surface area contributed by atoms with Crippen molar-refractivity contribution in [1.29, 1.82) is 0 Å². The summed E-state index contributed by atoms with van der Waals surface area (Å²) in [5.74, 6) is -0.415. The number of hydrogen-bond acceptors (Lipinski definition) is 5. The number of carbonyl (C=O) groups is 2. The fourth-order valence-corrected chi connectivity index (χ4v) is 3.63. The van der Waals surface area contributed by atoms with Crippen molar-refractivity contribution in [1.82, 2.24) is 14.5 Å². The Kier molecular flexibility index (Phi) is 6.20. The summed E-state index contributed by atoms with van der Waals surface area (Å²) < 4.78 is 1.43. The van der Waals surface area contributed by atoms with Crippen molar-refractivity contribution >= 4 is 34.9 Å². The summed E-state index contributed by atoms with van der Waals surface area (Å²) in [6.07, 6.45) is 3.59. The first-order chi connectivity index (χ1) is 15.4. The second-order valence-corrected chi connectivity index (χ2v) is 7.75. The largest absolute Gasteiger partial charge is 0.391 e. The van der Waals surface area contributed by atoms with Gasteiger partial charge in [-0.05, 0) is 48.5 Å². The summed E-state index contributed by atoms with van der Waals surface area (Å²) >= 11 is 5.86. The van der Waals surface area contributed by atoms with Crippen LogP contribution in [-0.2, 0) is 4.79 Å². The molecule has 3 amide bonds. The van der Waals surface area contributed by atoms with Crippen LogP contribution in [0.5, 0.6) is 0 Å². The number of rotatable bonds is 4. The third kappa shape index (κ3) is 4.79. The quantitative estimate of drug-likeness (QED) is 0.561. The standard InChI is InChI=1S/C22H20ClN5O4/c23-14-1-3-16(4-2-14)26-22(32)28-13-18(29)11-19(28)21(31)25-15-5-7-17(8-6-15)27-10-9-24-12-20(27)30/h1-10,12,18-19,29H,11,13H2,(H,25,31)(H,26,32)/t18-,19-/m1/s1. The number of β-amino-alcohol motifs (C(OH)–C–C–N with tert-alkyl or cyclic N) is 1. The second-order valence-electron chi connectivity index (χ2n) is 7.32. The Labute approximate surface area is 188 Å². The fraction of sp³-hybridized carbons (Fsp3) is 0.182. The lowest BCUT2D eigenvalue weighted by atomic mass is 10.1. The summed E-state index contributed by atoms with van der Waals surface area (Å²) in [5, 5.41) is 16.1. The van der Waals surface area contributed by atoms with Crippen molar-refractivity contribution in [2.24, 2.45) is 0 Å². The molecule has 2 aromatic carbocycles. The molecule has 4 rings (SSSR count). The highest BCUT2D eigenvalue weighted by Crippen LogP contribution is 2.22. The average molecular weight is 454 g/mol. The smallest absolute Gasteiger partial charge is 0.322 e. The Morgan fingerprint density at radius 3 is 2.38 bits per heavy atom. The van der Waals surface area contributed by atoms with Gasteiger partial charge in [-0.3, -0.25) is 19.1 Å². The molecule has 10 heteroatoms. The lowest BCUT2D eigenvalue weighted by Crippen LogP contribution is -2.45. The Bertz CT molecular complexity index is 1180. The number of hydrogen-bond donors (Lipinski definition) is 3. The number of benzene rings is 2. The summed E-state index contributed by atoms with van der Waals surface area (Å²) in [6.45, 7) is 0.0431. The normalized spacial score (nSPS) is 17.8. The minimum Gasteiger partial charge on any atom is -0.391 e. The van der Waals surface area contributed by atoms with Crippen molar-refractivity contribution in [2.45, 2.75) is 18.6 Å². The Balaban J connectivity index is 1.44. The number of aliphatic hydroxyl groups is 1. The maximum absolute atomic E-state index is 12.9. The van der Waals surface area contributed by atoms with Gasteiger partial charge in [0.2, 0.25) is 5.91 Å². The van der Waals surface area contributed by atoms with Crippen molar-refractivity contribution in [2.75, 3.05) is 17.2 Å². The number of anilines is 2. The van der Waals surface area contributed by atoms with Crippen LogP contribution < -0.4 is 16.2 Å². The van der Waals surface area contributed by atoms with Gasteiger partial charge in [-0.25, -0.2) is 4.79 Å². The minimum absolute atomic E-state index is 0.0431. The second kappa shape index (κ2) is 9.21. The first kappa shape index (κ1) is 21.5. The molecule has 0 saturated carbocycles. The molecular formula is C22H20ClN5O4. The topological polar surface area (TPSA) is 117 Å². The van der Waals surface area contributed by atoms with Gasteiger partial charge < -0.3 is 20.6 Å². The zero-order chi connectivity index (χ0) is 22.7. The number of amides is 3. The number of carbonyl (C=O) groups excluding carboxylic acids is 2. The first-order valence-corrected chi connectivity index (χ1v) is 10.2. The van der Waals surface area contributed by atoms with Gasteiger partial charge in [-0.1, -0.05) is 11.6 Å². The number of halogens is 1. The van der Waals surface area contributed by atoms with E-state index in [2.05, 4.69) is 15.6 Å². The molecule has 3 aromatic rings. The SMILES string of the molecule is O=C(Nc1ccc(-n2ccncc2=O)cc1)[C@H]1C[C@@H](O)CN1C(=O)Nc1ccc(Cl)cc1. The van der Waals surface area contributed by atoms with E-state index >= 15 is 0 Å². The van der Waals surface area contributed by atoms with Crippen LogP contribution in [-0.4, -0.2) is 50.2 Å². The van der Waals surface area contributed by atoms with E-state index in [1.54, 1.807) is 54.7 Å². The van der Waals surface area contributed by atoms with E-state index in [9.17, 15) is 19.5 Å². The molecule has 164 valence electrons. The fourth-order valence-electron chi connectivity index (χ4n) is 3.51. The molecule has 1 saturated heterocycles. The van der Waals surface area contributed by atoms with E-state index in [1.807, 2.05) is 0 Å². The highest BCUT2D eigenvalue weighted by molar-refractivity contribution is 6.30. The van der Waals surface area contributed by atoms with Gasteiger partial charge in [0.1, 0.15) is 6.04 Å². The van der Waals surface area contributed by atoms with Gasteiger partial charge in [0, 0.05) is 47.4 Å². The van der Waals surface area contributed by atoms with Crippen LogP contribution in [0.1, 0.15) is 6.42 Å². The lowest BCUT2D eigenvalue weighted by molar-refractivity contribution is -0.119. The number of aromatic nitrogens is 2. The van der Waals surface area contributed by atoms with Crippen molar-refractivity contribution in [3.8, 4) is 5.69 Å². The monoisotopic (exact) mass is 453 g/mol. The summed E-state index contributed by atoms with van der Waals surface area (Å²) in [4.78, 5) is 42.5. The molecule has 1 fully saturated rings. The number of likely N-dealkylation sites (tertiary alicyclic amines) is 1. The van der Waals surface area contributed by atoms with E-state index in [4.69, 9.17) is 11.6 Å². The summed E-state index contributed by atoms with van der Waals surface area (Å²) in [7, 11) is 0. The number of nitrogens with zero attached hydrogens (tertiary/aromatic N) is 3. The van der Waals surface area contributed by atoms with E-state index in [-0.39, 0.29) is 18.5 Å². The highest BCUT2D eigenvalue weighted by atomic mass is 35.5. The number of nitrogens with one attached hydrogen (secondary N) is 2. The van der Waals surface area contributed by atoms with Crippen molar-refractivity contribution in [3.05, 3.63) is 82.5 Å². The van der Waals surface area contributed by atoms with Crippen LogP contribution in [0.4, 0.5) is 16.2 Å². The van der Waals surface area contributed by atoms with Crippen LogP contribution in [0.3, 0.4) is 0 Å². The zero-order valence-corrected chi connectivity index (χ0v) is 17.6. The lowest BCUT2D eigenvalue weighted by Gasteiger charge is -2.24. The van der Waals surface area contributed by atoms with Crippen molar-refractivity contribution < 1.29 is 14.7 Å². The molecular weight excluding hydrogens is 434 g/mol. The molecule has 9 nitrogen and oxygen atoms in total. The van der Waals surface area contributed by atoms with E-state index in [0.29, 0.717) is 22.1 Å². The van der Waals surface area contributed by atoms with Crippen LogP contribution in [0.15, 0.2) is 71.9 Å². The molecule has 0 radical (unpaired) electrons. The Hall–Kier alpha value is -3.69. The first-order valence-electron chi connectivity index (χ1n) is 9.86. The number of urea groups is 1. The molecule has 32 heavy (non-hydrogen) atoms. The van der Waals surface area contributed by atoms with Crippen LogP contribution in [0.2, 0.25) is 5.02 Å². The number of aliphatic hydroxyl groups excluding tert-OH is 1. The summed E-state index contributed by atoms with van der Waals surface area (Å²) in [6, 6.07) is 11.9. The summed E-state index contributed by atoms with van der Waals surface area (Å²) in [5.41, 5.74) is 1.38. The van der Waals surface area contributed by atoms with Gasteiger partial charge in [-0.2, -0.15) is 0 Å². The van der Waals surface area contributed by atoms with E-state index in [0.717, 1.165) is 0 Å². The van der Waals surface area contributed by atoms with Gasteiger partial charge in [0.05, 0.1) is 12.3 Å². The predicted octanol–water partition coefficient (Wildman–Crippen LogP) is 2.49.